The Hall–Kier alpha value is -1.95. The van der Waals surface area contributed by atoms with Gasteiger partial charge in [-0.1, -0.05) is 12.1 Å². The Labute approximate surface area is 123 Å². The molecular formula is C15H20FN3O2. The molecule has 1 aromatic heterocycles. The standard InChI is InChI=1S/C15H20FN3O2/c1-10-18-19-13(21-10)9-20-14-11(6-5-7-12(14)16)8-17-15(2,3)4/h5-7,17H,8-9H2,1-4H3. The highest BCUT2D eigenvalue weighted by Gasteiger charge is 2.15. The van der Waals surface area contributed by atoms with Crippen LogP contribution in [-0.2, 0) is 13.2 Å². The zero-order valence-electron chi connectivity index (χ0n) is 12.7. The van der Waals surface area contributed by atoms with Crippen LogP contribution in [0, 0.1) is 12.7 Å². The molecule has 0 unspecified atom stereocenters. The third kappa shape index (κ3) is 4.53. The van der Waals surface area contributed by atoms with E-state index in [1.165, 1.54) is 6.07 Å². The summed E-state index contributed by atoms with van der Waals surface area (Å²) in [6, 6.07) is 4.86. The second kappa shape index (κ2) is 6.22. The van der Waals surface area contributed by atoms with Crippen LogP contribution < -0.4 is 10.1 Å². The lowest BCUT2D eigenvalue weighted by Crippen LogP contribution is -2.35. The van der Waals surface area contributed by atoms with Gasteiger partial charge in [-0.15, -0.1) is 10.2 Å². The summed E-state index contributed by atoms with van der Waals surface area (Å²) in [5, 5.41) is 10.8. The van der Waals surface area contributed by atoms with Crippen LogP contribution in [0.1, 0.15) is 38.1 Å². The van der Waals surface area contributed by atoms with E-state index in [1.807, 2.05) is 26.8 Å². The van der Waals surface area contributed by atoms with E-state index in [0.717, 1.165) is 5.56 Å². The van der Waals surface area contributed by atoms with Crippen molar-refractivity contribution in [2.45, 2.75) is 46.4 Å². The topological polar surface area (TPSA) is 60.2 Å². The number of benzene rings is 1. The highest BCUT2D eigenvalue weighted by molar-refractivity contribution is 5.35. The lowest BCUT2D eigenvalue weighted by molar-refractivity contribution is 0.246. The number of nitrogens with zero attached hydrogens (tertiary/aromatic N) is 2. The predicted octanol–water partition coefficient (Wildman–Crippen LogP) is 2.98. The van der Waals surface area contributed by atoms with Crippen molar-refractivity contribution in [3.05, 3.63) is 41.4 Å². The minimum absolute atomic E-state index is 0.0459. The summed E-state index contributed by atoms with van der Waals surface area (Å²) in [5.74, 6) is 0.590. The number of halogens is 1. The number of para-hydroxylation sites is 1. The third-order valence-corrected chi connectivity index (χ3v) is 2.77. The highest BCUT2D eigenvalue weighted by atomic mass is 19.1. The first-order valence-electron chi connectivity index (χ1n) is 6.79. The van der Waals surface area contributed by atoms with Crippen molar-refractivity contribution >= 4 is 0 Å². The average molecular weight is 293 g/mol. The van der Waals surface area contributed by atoms with Crippen LogP contribution in [-0.4, -0.2) is 15.7 Å². The van der Waals surface area contributed by atoms with Crippen molar-refractivity contribution in [2.75, 3.05) is 0 Å². The number of aromatic nitrogens is 2. The first-order chi connectivity index (χ1) is 9.85. The molecule has 21 heavy (non-hydrogen) atoms. The predicted molar refractivity (Wildman–Crippen MR) is 76.4 cm³/mol. The molecule has 0 aliphatic heterocycles. The Morgan fingerprint density at radius 2 is 2.05 bits per heavy atom. The van der Waals surface area contributed by atoms with Gasteiger partial charge in [0.2, 0.25) is 5.89 Å². The van der Waals surface area contributed by atoms with Gasteiger partial charge in [0.05, 0.1) is 0 Å². The van der Waals surface area contributed by atoms with Gasteiger partial charge in [-0.25, -0.2) is 4.39 Å². The fourth-order valence-electron chi connectivity index (χ4n) is 1.74. The van der Waals surface area contributed by atoms with Crippen LogP contribution in [0.3, 0.4) is 0 Å². The molecule has 0 saturated carbocycles. The lowest BCUT2D eigenvalue weighted by atomic mass is 10.1. The highest BCUT2D eigenvalue weighted by Crippen LogP contribution is 2.24. The second-order valence-corrected chi connectivity index (χ2v) is 5.84. The molecule has 0 atom stereocenters. The summed E-state index contributed by atoms with van der Waals surface area (Å²) in [6.07, 6.45) is 0. The molecular weight excluding hydrogens is 273 g/mol. The zero-order chi connectivity index (χ0) is 15.5. The van der Waals surface area contributed by atoms with E-state index in [2.05, 4.69) is 15.5 Å². The molecule has 0 radical (unpaired) electrons. The monoisotopic (exact) mass is 293 g/mol. The molecule has 2 aromatic rings. The van der Waals surface area contributed by atoms with E-state index >= 15 is 0 Å². The van der Waals surface area contributed by atoms with E-state index in [-0.39, 0.29) is 17.9 Å². The quantitative estimate of drug-likeness (QED) is 0.918. The SMILES string of the molecule is Cc1nnc(COc2c(F)cccc2CNC(C)(C)C)o1. The van der Waals surface area contributed by atoms with Crippen LogP contribution in [0.2, 0.25) is 0 Å². The molecule has 5 nitrogen and oxygen atoms in total. The normalized spacial score (nSPS) is 11.7. The molecule has 0 amide bonds. The third-order valence-electron chi connectivity index (χ3n) is 2.77. The van der Waals surface area contributed by atoms with Gasteiger partial charge in [0, 0.05) is 24.6 Å². The van der Waals surface area contributed by atoms with Crippen LogP contribution in [0.4, 0.5) is 4.39 Å². The van der Waals surface area contributed by atoms with Crippen molar-refractivity contribution in [1.82, 2.24) is 15.5 Å². The van der Waals surface area contributed by atoms with E-state index in [1.54, 1.807) is 13.0 Å². The second-order valence-electron chi connectivity index (χ2n) is 5.84. The molecule has 0 aliphatic carbocycles. The number of nitrogens with one attached hydrogen (secondary N) is 1. The molecule has 0 fully saturated rings. The summed E-state index contributed by atoms with van der Waals surface area (Å²) < 4.78 is 24.7. The Bertz CT molecular complexity index is 605. The summed E-state index contributed by atoms with van der Waals surface area (Å²) in [7, 11) is 0. The van der Waals surface area contributed by atoms with Gasteiger partial charge in [0.25, 0.3) is 5.89 Å². The van der Waals surface area contributed by atoms with Gasteiger partial charge in [0.15, 0.2) is 18.2 Å². The van der Waals surface area contributed by atoms with Crippen LogP contribution >= 0.6 is 0 Å². The molecule has 0 aliphatic rings. The van der Waals surface area contributed by atoms with Crippen LogP contribution in [0.15, 0.2) is 22.6 Å². The molecule has 1 heterocycles. The van der Waals surface area contributed by atoms with Crippen molar-refractivity contribution in [2.24, 2.45) is 0 Å². The largest absolute Gasteiger partial charge is 0.480 e. The number of hydrogen-bond donors (Lipinski definition) is 1. The molecule has 114 valence electrons. The molecule has 2 rings (SSSR count). The minimum Gasteiger partial charge on any atom is -0.480 e. The smallest absolute Gasteiger partial charge is 0.253 e. The number of rotatable bonds is 5. The first-order valence-corrected chi connectivity index (χ1v) is 6.79. The summed E-state index contributed by atoms with van der Waals surface area (Å²) in [6.45, 7) is 8.40. The fraction of sp³-hybridized carbons (Fsp3) is 0.467. The minimum atomic E-state index is -0.403. The van der Waals surface area contributed by atoms with E-state index in [0.29, 0.717) is 18.3 Å². The Kier molecular flexibility index (Phi) is 4.57. The molecule has 0 spiro atoms. The number of ether oxygens (including phenoxy) is 1. The average Bonchev–Trinajstić information content (AvgIpc) is 2.80. The molecule has 0 bridgehead atoms. The number of aryl methyl sites for hydroxylation is 1. The number of hydrogen-bond acceptors (Lipinski definition) is 5. The molecule has 0 saturated heterocycles. The Balaban J connectivity index is 2.10. The van der Waals surface area contributed by atoms with Crippen molar-refractivity contribution in [1.29, 1.82) is 0 Å². The molecule has 1 N–H and O–H groups in total. The lowest BCUT2D eigenvalue weighted by Gasteiger charge is -2.21. The maximum Gasteiger partial charge on any atom is 0.253 e. The summed E-state index contributed by atoms with van der Waals surface area (Å²) in [5.41, 5.74) is 0.689. The van der Waals surface area contributed by atoms with Crippen LogP contribution in [0.25, 0.3) is 0 Å². The van der Waals surface area contributed by atoms with Gasteiger partial charge in [-0.05, 0) is 26.8 Å². The Morgan fingerprint density at radius 1 is 1.29 bits per heavy atom. The van der Waals surface area contributed by atoms with Crippen molar-refractivity contribution in [3.8, 4) is 5.75 Å². The van der Waals surface area contributed by atoms with E-state index < -0.39 is 5.82 Å². The van der Waals surface area contributed by atoms with Gasteiger partial charge in [-0.3, -0.25) is 0 Å². The Morgan fingerprint density at radius 3 is 2.67 bits per heavy atom. The summed E-state index contributed by atoms with van der Waals surface area (Å²) in [4.78, 5) is 0. The van der Waals surface area contributed by atoms with Gasteiger partial charge >= 0.3 is 0 Å². The van der Waals surface area contributed by atoms with E-state index in [4.69, 9.17) is 9.15 Å². The van der Waals surface area contributed by atoms with Gasteiger partial charge < -0.3 is 14.5 Å². The first kappa shape index (κ1) is 15.4. The van der Waals surface area contributed by atoms with Crippen molar-refractivity contribution < 1.29 is 13.5 Å². The maximum atomic E-state index is 14.0. The summed E-state index contributed by atoms with van der Waals surface area (Å²) >= 11 is 0. The van der Waals surface area contributed by atoms with Crippen LogP contribution in [0.5, 0.6) is 5.75 Å². The molecule has 6 heteroatoms. The van der Waals surface area contributed by atoms with E-state index in [9.17, 15) is 4.39 Å². The van der Waals surface area contributed by atoms with Gasteiger partial charge in [-0.2, -0.15) is 0 Å². The van der Waals surface area contributed by atoms with Crippen molar-refractivity contribution in [3.63, 3.8) is 0 Å². The maximum absolute atomic E-state index is 14.0. The zero-order valence-corrected chi connectivity index (χ0v) is 12.7. The fourth-order valence-corrected chi connectivity index (χ4v) is 1.74. The molecule has 1 aromatic carbocycles. The van der Waals surface area contributed by atoms with Gasteiger partial charge in [0.1, 0.15) is 0 Å².